The molecule has 1 unspecified atom stereocenters. The third-order valence-corrected chi connectivity index (χ3v) is 5.49. The molecule has 0 aromatic carbocycles. The number of rotatable bonds is 4. The molecule has 1 saturated carbocycles. The van der Waals surface area contributed by atoms with Crippen LogP contribution in [0.3, 0.4) is 0 Å². The second-order valence-electron chi connectivity index (χ2n) is 5.48. The lowest BCUT2D eigenvalue weighted by molar-refractivity contribution is -0.132. The molecular weight excluding hydrogens is 232 g/mol. The van der Waals surface area contributed by atoms with Crippen LogP contribution in [0.15, 0.2) is 0 Å². The van der Waals surface area contributed by atoms with Gasteiger partial charge in [-0.2, -0.15) is 11.8 Å². The minimum atomic E-state index is -0.246. The molecule has 17 heavy (non-hydrogen) atoms. The zero-order valence-corrected chi connectivity index (χ0v) is 11.4. The number of nitrogens with one attached hydrogen (secondary N) is 1. The lowest BCUT2D eigenvalue weighted by atomic mass is 9.73. The van der Waals surface area contributed by atoms with Crippen molar-refractivity contribution in [3.05, 3.63) is 0 Å². The Morgan fingerprint density at radius 1 is 1.35 bits per heavy atom. The van der Waals surface area contributed by atoms with Gasteiger partial charge in [-0.3, -0.25) is 4.79 Å². The van der Waals surface area contributed by atoms with E-state index in [0.717, 1.165) is 32.2 Å². The van der Waals surface area contributed by atoms with Crippen molar-refractivity contribution < 1.29 is 4.79 Å². The van der Waals surface area contributed by atoms with Crippen molar-refractivity contribution in [2.75, 3.05) is 24.6 Å². The van der Waals surface area contributed by atoms with Gasteiger partial charge in [0.2, 0.25) is 5.91 Å². The molecule has 3 N–H and O–H groups in total. The van der Waals surface area contributed by atoms with E-state index < -0.39 is 0 Å². The molecule has 1 saturated heterocycles. The Balaban J connectivity index is 1.83. The van der Waals surface area contributed by atoms with Gasteiger partial charge in [-0.15, -0.1) is 0 Å². The van der Waals surface area contributed by atoms with Crippen molar-refractivity contribution >= 4 is 17.7 Å². The van der Waals surface area contributed by atoms with E-state index in [1.54, 1.807) is 0 Å². The zero-order valence-electron chi connectivity index (χ0n) is 10.5. The summed E-state index contributed by atoms with van der Waals surface area (Å²) in [6.07, 6.45) is 6.78. The van der Waals surface area contributed by atoms with E-state index in [4.69, 9.17) is 5.73 Å². The van der Waals surface area contributed by atoms with Crippen LogP contribution >= 0.6 is 11.8 Å². The number of amides is 1. The van der Waals surface area contributed by atoms with E-state index >= 15 is 0 Å². The Morgan fingerprint density at radius 2 is 2.12 bits per heavy atom. The van der Waals surface area contributed by atoms with E-state index in [0.29, 0.717) is 12.5 Å². The summed E-state index contributed by atoms with van der Waals surface area (Å²) in [6, 6.07) is 0. The molecule has 1 amide bonds. The summed E-state index contributed by atoms with van der Waals surface area (Å²) in [5.74, 6) is 3.36. The van der Waals surface area contributed by atoms with Gasteiger partial charge in [0, 0.05) is 13.1 Å². The van der Waals surface area contributed by atoms with Crippen molar-refractivity contribution in [3.8, 4) is 0 Å². The fourth-order valence-corrected chi connectivity index (χ4v) is 4.21. The first-order valence-corrected chi connectivity index (χ1v) is 7.98. The molecule has 0 aromatic rings. The summed E-state index contributed by atoms with van der Waals surface area (Å²) in [7, 11) is 0. The number of carbonyl (C=O) groups excluding carboxylic acids is 1. The maximum Gasteiger partial charge on any atom is 0.227 e. The van der Waals surface area contributed by atoms with Crippen LogP contribution in [-0.4, -0.2) is 30.5 Å². The number of hydrogen-bond donors (Lipinski definition) is 2. The zero-order chi connectivity index (χ0) is 12.1. The molecule has 0 radical (unpaired) electrons. The lowest BCUT2D eigenvalue weighted by Crippen LogP contribution is -2.48. The van der Waals surface area contributed by atoms with Crippen molar-refractivity contribution in [3.63, 3.8) is 0 Å². The fraction of sp³-hybridized carbons (Fsp3) is 0.923. The number of nitrogens with two attached hydrogens (primary N) is 1. The molecule has 4 heteroatoms. The van der Waals surface area contributed by atoms with Gasteiger partial charge < -0.3 is 11.1 Å². The van der Waals surface area contributed by atoms with E-state index in [9.17, 15) is 4.79 Å². The Kier molecular flexibility index (Phi) is 4.74. The van der Waals surface area contributed by atoms with E-state index in [-0.39, 0.29) is 11.3 Å². The number of carbonyl (C=O) groups is 1. The highest BCUT2D eigenvalue weighted by Gasteiger charge is 2.38. The quantitative estimate of drug-likeness (QED) is 0.806. The highest BCUT2D eigenvalue weighted by Crippen LogP contribution is 2.35. The van der Waals surface area contributed by atoms with Crippen molar-refractivity contribution in [1.82, 2.24) is 5.32 Å². The average molecular weight is 256 g/mol. The number of thioether (sulfide) groups is 1. The molecule has 2 fully saturated rings. The molecule has 1 aliphatic heterocycles. The Morgan fingerprint density at radius 3 is 2.71 bits per heavy atom. The Hall–Kier alpha value is -0.220. The van der Waals surface area contributed by atoms with E-state index in [1.165, 1.54) is 24.3 Å². The molecule has 3 nitrogen and oxygen atoms in total. The van der Waals surface area contributed by atoms with Gasteiger partial charge in [0.1, 0.15) is 0 Å². The van der Waals surface area contributed by atoms with E-state index in [1.807, 2.05) is 11.8 Å². The van der Waals surface area contributed by atoms with Crippen molar-refractivity contribution in [2.45, 2.75) is 38.5 Å². The maximum atomic E-state index is 12.3. The molecular formula is C13H24N2OS. The minimum Gasteiger partial charge on any atom is -0.355 e. The molecule has 2 rings (SSSR count). The van der Waals surface area contributed by atoms with Gasteiger partial charge in [0.15, 0.2) is 0 Å². The monoisotopic (exact) mass is 256 g/mol. The summed E-state index contributed by atoms with van der Waals surface area (Å²) in [6.45, 7) is 1.37. The molecule has 1 aliphatic carbocycles. The fourth-order valence-electron chi connectivity index (χ4n) is 2.92. The van der Waals surface area contributed by atoms with Crippen molar-refractivity contribution in [1.29, 1.82) is 0 Å². The highest BCUT2D eigenvalue weighted by atomic mass is 32.2. The first kappa shape index (κ1) is 13.2. The second kappa shape index (κ2) is 6.10. The van der Waals surface area contributed by atoms with Crippen LogP contribution in [0.5, 0.6) is 0 Å². The van der Waals surface area contributed by atoms with E-state index in [2.05, 4.69) is 5.32 Å². The summed E-state index contributed by atoms with van der Waals surface area (Å²) < 4.78 is 0. The predicted molar refractivity (Wildman–Crippen MR) is 73.0 cm³/mol. The molecule has 1 heterocycles. The first-order valence-electron chi connectivity index (χ1n) is 6.83. The second-order valence-corrected chi connectivity index (χ2v) is 6.63. The summed E-state index contributed by atoms with van der Waals surface area (Å²) in [5, 5.41) is 3.15. The lowest BCUT2D eigenvalue weighted by Gasteiger charge is -2.34. The molecule has 0 bridgehead atoms. The van der Waals surface area contributed by atoms with Crippen molar-refractivity contribution in [2.24, 2.45) is 17.1 Å². The Labute approximate surface area is 108 Å². The molecule has 98 valence electrons. The first-order chi connectivity index (χ1) is 8.27. The van der Waals surface area contributed by atoms with Gasteiger partial charge in [-0.25, -0.2) is 0 Å². The summed E-state index contributed by atoms with van der Waals surface area (Å²) in [4.78, 5) is 12.3. The third-order valence-electron chi connectivity index (χ3n) is 4.26. The molecule has 1 atom stereocenters. The predicted octanol–water partition coefficient (Wildman–Crippen LogP) is 1.76. The molecule has 0 spiro atoms. The van der Waals surface area contributed by atoms with Crippen LogP contribution in [0.1, 0.15) is 38.5 Å². The van der Waals surface area contributed by atoms with Gasteiger partial charge >= 0.3 is 0 Å². The number of hydrogen-bond acceptors (Lipinski definition) is 3. The minimum absolute atomic E-state index is 0.219. The maximum absolute atomic E-state index is 12.3. The summed E-state index contributed by atoms with van der Waals surface area (Å²) >= 11 is 2.00. The SMILES string of the molecule is NCC1(C(=O)NCC2CCSC2)CCCCC1. The van der Waals surface area contributed by atoms with Gasteiger partial charge in [0.05, 0.1) is 5.41 Å². The van der Waals surface area contributed by atoms with Gasteiger partial charge in [-0.05, 0) is 36.7 Å². The molecule has 2 aliphatic rings. The van der Waals surface area contributed by atoms with Crippen LogP contribution < -0.4 is 11.1 Å². The smallest absolute Gasteiger partial charge is 0.227 e. The van der Waals surface area contributed by atoms with Crippen LogP contribution in [0, 0.1) is 11.3 Å². The summed E-state index contributed by atoms with van der Waals surface area (Å²) in [5.41, 5.74) is 5.61. The topological polar surface area (TPSA) is 55.1 Å². The van der Waals surface area contributed by atoms with Gasteiger partial charge in [0.25, 0.3) is 0 Å². The standard InChI is InChI=1S/C13H24N2OS/c14-10-13(5-2-1-3-6-13)12(16)15-8-11-4-7-17-9-11/h11H,1-10,14H2,(H,15,16). The highest BCUT2D eigenvalue weighted by molar-refractivity contribution is 7.99. The van der Waals surface area contributed by atoms with Crippen LogP contribution in [0.2, 0.25) is 0 Å². The normalized spacial score (nSPS) is 27.9. The average Bonchev–Trinajstić information content (AvgIpc) is 2.90. The Bertz CT molecular complexity index is 258. The largest absolute Gasteiger partial charge is 0.355 e. The van der Waals surface area contributed by atoms with Crippen LogP contribution in [0.25, 0.3) is 0 Å². The molecule has 0 aromatic heterocycles. The van der Waals surface area contributed by atoms with Crippen LogP contribution in [-0.2, 0) is 4.79 Å². The van der Waals surface area contributed by atoms with Crippen LogP contribution in [0.4, 0.5) is 0 Å². The third kappa shape index (κ3) is 3.16. The van der Waals surface area contributed by atoms with Gasteiger partial charge in [-0.1, -0.05) is 19.3 Å².